The summed E-state index contributed by atoms with van der Waals surface area (Å²) >= 11 is 6.05. The van der Waals surface area contributed by atoms with Crippen molar-refractivity contribution in [2.24, 2.45) is 11.8 Å². The van der Waals surface area contributed by atoms with Crippen molar-refractivity contribution in [3.8, 4) is 5.75 Å². The molecule has 1 aliphatic heterocycles. The van der Waals surface area contributed by atoms with Crippen molar-refractivity contribution in [3.63, 3.8) is 0 Å². The third-order valence-electron chi connectivity index (χ3n) is 8.11. The molecule has 2 aromatic carbocycles. The minimum atomic E-state index is -3.67. The van der Waals surface area contributed by atoms with Crippen LogP contribution in [0.3, 0.4) is 0 Å². The molecule has 3 fully saturated rings. The lowest BCUT2D eigenvalue weighted by Crippen LogP contribution is -2.42. The fourth-order valence-electron chi connectivity index (χ4n) is 6.28. The average Bonchev–Trinajstić information content (AvgIpc) is 3.50. The molecule has 0 aromatic heterocycles. The zero-order valence-electron chi connectivity index (χ0n) is 20.4. The van der Waals surface area contributed by atoms with Crippen molar-refractivity contribution < 1.29 is 13.2 Å². The molecule has 5 rings (SSSR count). The van der Waals surface area contributed by atoms with E-state index in [1.165, 1.54) is 38.8 Å². The van der Waals surface area contributed by atoms with E-state index in [4.69, 9.17) is 16.3 Å². The predicted octanol–water partition coefficient (Wildman–Crippen LogP) is 5.97. The third-order valence-corrected chi connectivity index (χ3v) is 10.3. The first-order valence-corrected chi connectivity index (χ1v) is 15.0. The molecule has 5 nitrogen and oxygen atoms in total. The number of para-hydroxylation sites is 1. The Kier molecular flexibility index (Phi) is 8.02. The number of hydrogen-bond acceptors (Lipinski definition) is 4. The minimum absolute atomic E-state index is 0.0431. The molecule has 2 aliphatic carbocycles. The molecule has 1 heterocycles. The molecule has 2 bridgehead atoms. The molecule has 0 radical (unpaired) electrons. The summed E-state index contributed by atoms with van der Waals surface area (Å²) in [6, 6.07) is 14.5. The van der Waals surface area contributed by atoms with Gasteiger partial charge in [0.05, 0.1) is 11.5 Å². The van der Waals surface area contributed by atoms with E-state index >= 15 is 0 Å². The van der Waals surface area contributed by atoms with Crippen molar-refractivity contribution >= 4 is 21.6 Å². The summed E-state index contributed by atoms with van der Waals surface area (Å²) in [4.78, 5) is 2.83. The van der Waals surface area contributed by atoms with E-state index in [1.54, 1.807) is 28.6 Å². The summed E-state index contributed by atoms with van der Waals surface area (Å²) in [7, 11) is -3.67. The summed E-state index contributed by atoms with van der Waals surface area (Å²) in [6.45, 7) is 4.42. The van der Waals surface area contributed by atoms with E-state index in [-0.39, 0.29) is 6.04 Å². The minimum Gasteiger partial charge on any atom is -0.493 e. The Bertz CT molecular complexity index is 1090. The summed E-state index contributed by atoms with van der Waals surface area (Å²) in [6.07, 6.45) is 9.37. The second-order valence-corrected chi connectivity index (χ2v) is 12.8. The van der Waals surface area contributed by atoms with Crippen LogP contribution in [-0.4, -0.2) is 49.9 Å². The van der Waals surface area contributed by atoms with Gasteiger partial charge >= 0.3 is 0 Å². The maximum Gasteiger partial charge on any atom is 0.243 e. The number of hydrogen-bond donors (Lipinski definition) is 0. The van der Waals surface area contributed by atoms with E-state index in [2.05, 4.69) is 4.90 Å². The van der Waals surface area contributed by atoms with Gasteiger partial charge in [-0.15, -0.1) is 0 Å². The predicted molar refractivity (Wildman–Crippen MR) is 140 cm³/mol. The molecule has 7 heteroatoms. The molecule has 1 saturated heterocycles. The number of ether oxygens (including phenoxy) is 1. The lowest BCUT2D eigenvalue weighted by Gasteiger charge is -2.34. The number of rotatable bonds is 10. The van der Waals surface area contributed by atoms with Gasteiger partial charge in [-0.25, -0.2) is 8.42 Å². The first kappa shape index (κ1) is 25.1. The highest BCUT2D eigenvalue weighted by molar-refractivity contribution is 7.89. The first-order chi connectivity index (χ1) is 17.0. The number of nitrogens with zero attached hydrogens (tertiary/aromatic N) is 2. The van der Waals surface area contributed by atoms with Gasteiger partial charge in [0.15, 0.2) is 0 Å². The van der Waals surface area contributed by atoms with Crippen LogP contribution in [0.25, 0.3) is 0 Å². The molecule has 3 aliphatic rings. The first-order valence-electron chi connectivity index (χ1n) is 13.2. The molecule has 3 atom stereocenters. The number of sulfonamides is 1. The SMILES string of the molecule is O=S(=O)(c1ccc(Cl)cc1)N(Cc1ccccc1OCCCN1CCCCC1)C1CC2CCC1C2. The number of fused-ring (bicyclic) bond motifs is 2. The van der Waals surface area contributed by atoms with E-state index in [9.17, 15) is 8.42 Å². The summed E-state index contributed by atoms with van der Waals surface area (Å²) in [5, 5.41) is 0.540. The number of likely N-dealkylation sites (tertiary alicyclic amines) is 1. The largest absolute Gasteiger partial charge is 0.493 e. The highest BCUT2D eigenvalue weighted by Gasteiger charge is 2.46. The van der Waals surface area contributed by atoms with Crippen LogP contribution in [0.2, 0.25) is 5.02 Å². The Balaban J connectivity index is 1.32. The van der Waals surface area contributed by atoms with Crippen LogP contribution < -0.4 is 4.74 Å². The van der Waals surface area contributed by atoms with Crippen molar-refractivity contribution in [3.05, 3.63) is 59.1 Å². The normalized spacial score (nSPS) is 24.8. The van der Waals surface area contributed by atoms with Gasteiger partial charge in [0.25, 0.3) is 0 Å². The van der Waals surface area contributed by atoms with Crippen LogP contribution in [0, 0.1) is 11.8 Å². The number of halogens is 1. The van der Waals surface area contributed by atoms with Crippen LogP contribution in [0.1, 0.15) is 56.9 Å². The standard InChI is InChI=1S/C28H37ClN2O3S/c29-25-11-13-26(14-12-25)35(32,33)31(27-20-22-9-10-23(27)19-22)21-24-7-2-3-8-28(24)34-18-6-17-30-15-4-1-5-16-30/h2-3,7-8,11-14,22-23,27H,1,4-6,9-10,15-21H2. The highest BCUT2D eigenvalue weighted by Crippen LogP contribution is 2.48. The van der Waals surface area contributed by atoms with Crippen LogP contribution in [0.4, 0.5) is 0 Å². The van der Waals surface area contributed by atoms with Crippen molar-refractivity contribution in [2.45, 2.75) is 68.8 Å². The van der Waals surface area contributed by atoms with Gasteiger partial charge < -0.3 is 9.64 Å². The second kappa shape index (κ2) is 11.2. The molecule has 2 saturated carbocycles. The maximum atomic E-state index is 13.9. The lowest BCUT2D eigenvalue weighted by molar-refractivity contribution is 0.202. The maximum absolute atomic E-state index is 13.9. The zero-order valence-corrected chi connectivity index (χ0v) is 22.0. The molecule has 0 N–H and O–H groups in total. The molecule has 3 unspecified atom stereocenters. The van der Waals surface area contributed by atoms with Gasteiger partial charge in [-0.05, 0) is 93.8 Å². The van der Waals surface area contributed by atoms with Crippen molar-refractivity contribution in [1.29, 1.82) is 0 Å². The molecule has 2 aromatic rings. The Morgan fingerprint density at radius 2 is 1.74 bits per heavy atom. The van der Waals surface area contributed by atoms with Crippen molar-refractivity contribution in [1.82, 2.24) is 9.21 Å². The van der Waals surface area contributed by atoms with Crippen molar-refractivity contribution in [2.75, 3.05) is 26.2 Å². The lowest BCUT2D eigenvalue weighted by atomic mass is 9.95. The number of piperidine rings is 1. The molecule has 190 valence electrons. The van der Waals surface area contributed by atoms with E-state index in [0.717, 1.165) is 43.5 Å². The summed E-state index contributed by atoms with van der Waals surface area (Å²) in [5.74, 6) is 1.89. The Hall–Kier alpha value is -1.60. The zero-order chi connectivity index (χ0) is 24.3. The van der Waals surface area contributed by atoms with Gasteiger partial charge in [0.2, 0.25) is 10.0 Å². The van der Waals surface area contributed by atoms with E-state index in [1.807, 2.05) is 24.3 Å². The van der Waals surface area contributed by atoms with Gasteiger partial charge in [-0.3, -0.25) is 0 Å². The molecule has 35 heavy (non-hydrogen) atoms. The monoisotopic (exact) mass is 516 g/mol. The quantitative estimate of drug-likeness (QED) is 0.365. The summed E-state index contributed by atoms with van der Waals surface area (Å²) in [5.41, 5.74) is 0.936. The highest BCUT2D eigenvalue weighted by atomic mass is 35.5. The van der Waals surface area contributed by atoms with Gasteiger partial charge in [-0.1, -0.05) is 42.6 Å². The van der Waals surface area contributed by atoms with E-state index < -0.39 is 10.0 Å². The number of benzene rings is 2. The van der Waals surface area contributed by atoms with Crippen LogP contribution in [-0.2, 0) is 16.6 Å². The summed E-state index contributed by atoms with van der Waals surface area (Å²) < 4.78 is 35.8. The molecule has 0 amide bonds. The Morgan fingerprint density at radius 3 is 2.46 bits per heavy atom. The van der Waals surface area contributed by atoms with E-state index in [0.29, 0.717) is 34.9 Å². The van der Waals surface area contributed by atoms with Crippen LogP contribution in [0.5, 0.6) is 5.75 Å². The van der Waals surface area contributed by atoms with Gasteiger partial charge in [0.1, 0.15) is 5.75 Å². The smallest absolute Gasteiger partial charge is 0.243 e. The molecular weight excluding hydrogens is 480 g/mol. The Morgan fingerprint density at radius 1 is 0.971 bits per heavy atom. The molecule has 0 spiro atoms. The second-order valence-electron chi connectivity index (χ2n) is 10.5. The Labute approximate surface area is 215 Å². The third kappa shape index (κ3) is 5.87. The van der Waals surface area contributed by atoms with Crippen LogP contribution in [0.15, 0.2) is 53.4 Å². The van der Waals surface area contributed by atoms with Crippen LogP contribution >= 0.6 is 11.6 Å². The molecular formula is C28H37ClN2O3S. The fraction of sp³-hybridized carbons (Fsp3) is 0.571. The van der Waals surface area contributed by atoms with Gasteiger partial charge in [0, 0.05) is 29.7 Å². The fourth-order valence-corrected chi connectivity index (χ4v) is 8.08. The topological polar surface area (TPSA) is 49.9 Å². The van der Waals surface area contributed by atoms with Gasteiger partial charge in [-0.2, -0.15) is 4.31 Å². The average molecular weight is 517 g/mol.